The van der Waals surface area contributed by atoms with Gasteiger partial charge in [-0.25, -0.2) is 15.0 Å². The second-order valence-electron chi connectivity index (χ2n) is 14.4. The minimum atomic E-state index is 0.591. The van der Waals surface area contributed by atoms with Crippen molar-refractivity contribution in [3.8, 4) is 45.3 Å². The molecule has 0 atom stereocenters. The Hall–Kier alpha value is -7.89. The van der Waals surface area contributed by atoms with Crippen LogP contribution in [0.4, 0.5) is 17.1 Å². The summed E-state index contributed by atoms with van der Waals surface area (Å²) < 4.78 is 6.86. The summed E-state index contributed by atoms with van der Waals surface area (Å²) in [6, 6.07) is 71.7. The number of fused-ring (bicyclic) bond motifs is 6. The third-order valence-corrected chi connectivity index (χ3v) is 10.9. The Balaban J connectivity index is 1.09. The van der Waals surface area contributed by atoms with Crippen LogP contribution in [-0.4, -0.2) is 15.0 Å². The Labute approximate surface area is 335 Å². The van der Waals surface area contributed by atoms with Crippen LogP contribution in [0.25, 0.3) is 88.8 Å². The zero-order valence-electron chi connectivity index (χ0n) is 31.3. The van der Waals surface area contributed by atoms with Crippen molar-refractivity contribution in [3.05, 3.63) is 206 Å². The number of aromatic nitrogens is 3. The molecule has 2 aromatic heterocycles. The van der Waals surface area contributed by atoms with Crippen LogP contribution in [0.5, 0.6) is 0 Å². The van der Waals surface area contributed by atoms with Gasteiger partial charge in [0.2, 0.25) is 0 Å². The molecule has 9 aromatic carbocycles. The molecule has 0 aliphatic rings. The van der Waals surface area contributed by atoms with Crippen molar-refractivity contribution in [3.63, 3.8) is 0 Å². The Morgan fingerprint density at radius 3 is 1.53 bits per heavy atom. The highest BCUT2D eigenvalue weighted by Crippen LogP contribution is 2.43. The van der Waals surface area contributed by atoms with Gasteiger partial charge in [-0.15, -0.1) is 0 Å². The molecule has 11 aromatic rings. The molecule has 5 heteroatoms. The van der Waals surface area contributed by atoms with Crippen LogP contribution in [0.3, 0.4) is 0 Å². The summed E-state index contributed by atoms with van der Waals surface area (Å²) >= 11 is 0. The molecule has 0 aliphatic carbocycles. The molecule has 0 saturated carbocycles. The first-order chi connectivity index (χ1) is 28.7. The van der Waals surface area contributed by atoms with E-state index in [-0.39, 0.29) is 0 Å². The van der Waals surface area contributed by atoms with E-state index in [1.54, 1.807) is 0 Å². The molecule has 0 N–H and O–H groups in total. The molecule has 11 rings (SSSR count). The van der Waals surface area contributed by atoms with Crippen molar-refractivity contribution in [1.29, 1.82) is 0 Å². The summed E-state index contributed by atoms with van der Waals surface area (Å²) in [7, 11) is 0. The first kappa shape index (κ1) is 33.4. The van der Waals surface area contributed by atoms with E-state index in [1.807, 2.05) is 66.7 Å². The maximum absolute atomic E-state index is 6.86. The second kappa shape index (κ2) is 14.0. The van der Waals surface area contributed by atoms with Gasteiger partial charge in [0.25, 0.3) is 0 Å². The number of hydrogen-bond acceptors (Lipinski definition) is 5. The average molecular weight is 743 g/mol. The lowest BCUT2D eigenvalue weighted by Gasteiger charge is -2.26. The number of anilines is 3. The van der Waals surface area contributed by atoms with E-state index in [0.29, 0.717) is 17.5 Å². The van der Waals surface area contributed by atoms with E-state index >= 15 is 0 Å². The lowest BCUT2D eigenvalue weighted by Crippen LogP contribution is -2.09. The van der Waals surface area contributed by atoms with Gasteiger partial charge < -0.3 is 9.32 Å². The average Bonchev–Trinajstić information content (AvgIpc) is 3.68. The molecule has 58 heavy (non-hydrogen) atoms. The normalized spacial score (nSPS) is 11.4. The predicted octanol–water partition coefficient (Wildman–Crippen LogP) is 14.2. The summed E-state index contributed by atoms with van der Waals surface area (Å²) in [5.41, 5.74) is 9.77. The van der Waals surface area contributed by atoms with E-state index in [0.717, 1.165) is 66.5 Å². The van der Waals surface area contributed by atoms with Crippen molar-refractivity contribution in [1.82, 2.24) is 15.0 Å². The monoisotopic (exact) mass is 742 g/mol. The minimum Gasteiger partial charge on any atom is -0.456 e. The molecule has 0 aliphatic heterocycles. The molecule has 272 valence electrons. The van der Waals surface area contributed by atoms with E-state index in [9.17, 15) is 0 Å². The van der Waals surface area contributed by atoms with Crippen molar-refractivity contribution in [2.75, 3.05) is 4.90 Å². The Kier molecular flexibility index (Phi) is 8.07. The topological polar surface area (TPSA) is 55.1 Å². The molecule has 2 heterocycles. The summed E-state index contributed by atoms with van der Waals surface area (Å²) in [4.78, 5) is 17.4. The van der Waals surface area contributed by atoms with Crippen molar-refractivity contribution in [2.24, 2.45) is 0 Å². The van der Waals surface area contributed by atoms with E-state index in [1.165, 1.54) is 21.9 Å². The van der Waals surface area contributed by atoms with Crippen LogP contribution in [0.2, 0.25) is 0 Å². The summed E-state index contributed by atoms with van der Waals surface area (Å²) in [5.74, 6) is 1.83. The lowest BCUT2D eigenvalue weighted by molar-refractivity contribution is 0.669. The first-order valence-corrected chi connectivity index (χ1v) is 19.4. The molecular formula is C53H34N4O. The molecule has 0 amide bonds. The highest BCUT2D eigenvalue weighted by molar-refractivity contribution is 6.22. The van der Waals surface area contributed by atoms with Gasteiger partial charge in [0, 0.05) is 50.6 Å². The maximum atomic E-state index is 6.86. The van der Waals surface area contributed by atoms with Crippen molar-refractivity contribution in [2.45, 2.75) is 0 Å². The van der Waals surface area contributed by atoms with Gasteiger partial charge in [0.15, 0.2) is 17.5 Å². The highest BCUT2D eigenvalue weighted by Gasteiger charge is 2.21. The summed E-state index contributed by atoms with van der Waals surface area (Å²) in [6.07, 6.45) is 0. The van der Waals surface area contributed by atoms with Gasteiger partial charge in [-0.2, -0.15) is 0 Å². The second-order valence-corrected chi connectivity index (χ2v) is 14.4. The van der Waals surface area contributed by atoms with Crippen LogP contribution >= 0.6 is 0 Å². The number of hydrogen-bond donors (Lipinski definition) is 0. The number of rotatable bonds is 7. The number of nitrogens with zero attached hydrogens (tertiary/aromatic N) is 4. The van der Waals surface area contributed by atoms with Crippen molar-refractivity contribution < 1.29 is 4.42 Å². The molecule has 0 spiro atoms. The Morgan fingerprint density at radius 1 is 0.328 bits per heavy atom. The van der Waals surface area contributed by atoms with Gasteiger partial charge in [-0.1, -0.05) is 158 Å². The predicted molar refractivity (Wildman–Crippen MR) is 239 cm³/mol. The Bertz CT molecular complexity index is 3210. The molecule has 0 saturated heterocycles. The third kappa shape index (κ3) is 5.94. The van der Waals surface area contributed by atoms with Gasteiger partial charge in [0.1, 0.15) is 11.2 Å². The van der Waals surface area contributed by atoms with Gasteiger partial charge in [0.05, 0.1) is 0 Å². The molecule has 5 nitrogen and oxygen atoms in total. The zero-order valence-corrected chi connectivity index (χ0v) is 31.3. The molecular weight excluding hydrogens is 709 g/mol. The quantitative estimate of drug-likeness (QED) is 0.163. The van der Waals surface area contributed by atoms with Crippen LogP contribution in [0.1, 0.15) is 0 Å². The summed E-state index contributed by atoms with van der Waals surface area (Å²) in [5, 5.41) is 6.61. The van der Waals surface area contributed by atoms with E-state index < -0.39 is 0 Å². The fourth-order valence-electron chi connectivity index (χ4n) is 8.08. The minimum absolute atomic E-state index is 0.591. The van der Waals surface area contributed by atoms with E-state index in [4.69, 9.17) is 19.4 Å². The third-order valence-electron chi connectivity index (χ3n) is 10.9. The number of furan rings is 1. The lowest BCUT2D eigenvalue weighted by atomic mass is 9.98. The molecule has 0 fully saturated rings. The van der Waals surface area contributed by atoms with Crippen LogP contribution in [0, 0.1) is 0 Å². The van der Waals surface area contributed by atoms with Crippen LogP contribution < -0.4 is 4.90 Å². The Morgan fingerprint density at radius 2 is 0.845 bits per heavy atom. The van der Waals surface area contributed by atoms with Crippen molar-refractivity contribution >= 4 is 60.5 Å². The molecule has 0 bridgehead atoms. The fraction of sp³-hybridized carbons (Fsp3) is 0. The van der Waals surface area contributed by atoms with Gasteiger partial charge in [-0.05, 0) is 75.1 Å². The van der Waals surface area contributed by atoms with Gasteiger partial charge in [-0.3, -0.25) is 0 Å². The zero-order chi connectivity index (χ0) is 38.4. The standard InChI is InChI=1S/C53H34N4O/c1-4-14-35(15-5-1)37-24-27-41(28-25-37)57(42-29-26-36-16-10-11-21-40(36)32-42)43-30-31-46-48(33-43)58-49-34-47(44-22-12-13-23-45(44)50(46)49)53-55-51(38-17-6-2-7-18-38)54-52(56-53)39-19-8-3-9-20-39/h1-34H. The summed E-state index contributed by atoms with van der Waals surface area (Å²) in [6.45, 7) is 0. The maximum Gasteiger partial charge on any atom is 0.164 e. The van der Waals surface area contributed by atoms with E-state index in [2.05, 4.69) is 144 Å². The van der Waals surface area contributed by atoms with Crippen LogP contribution in [-0.2, 0) is 0 Å². The van der Waals surface area contributed by atoms with Crippen LogP contribution in [0.15, 0.2) is 211 Å². The first-order valence-electron chi connectivity index (χ1n) is 19.4. The highest BCUT2D eigenvalue weighted by atomic mass is 16.3. The smallest absolute Gasteiger partial charge is 0.164 e. The SMILES string of the molecule is c1ccc(-c2ccc(N(c3ccc4ccccc4c3)c3ccc4c(c3)oc3cc(-c5nc(-c6ccccc6)nc(-c6ccccc6)n5)c5ccccc5c34)cc2)cc1. The largest absolute Gasteiger partial charge is 0.456 e. The van der Waals surface area contributed by atoms with Gasteiger partial charge >= 0.3 is 0 Å². The molecule has 0 unspecified atom stereocenters. The number of benzene rings is 9. The molecule has 0 radical (unpaired) electrons. The fourth-order valence-corrected chi connectivity index (χ4v) is 8.08.